The van der Waals surface area contributed by atoms with Crippen molar-refractivity contribution < 1.29 is 4.74 Å². The molecule has 0 saturated heterocycles. The number of rotatable bonds is 2. The van der Waals surface area contributed by atoms with Crippen molar-refractivity contribution in [3.63, 3.8) is 0 Å². The van der Waals surface area contributed by atoms with Gasteiger partial charge in [0.15, 0.2) is 0 Å². The van der Waals surface area contributed by atoms with Gasteiger partial charge in [0, 0.05) is 17.1 Å². The van der Waals surface area contributed by atoms with Crippen molar-refractivity contribution in [3.05, 3.63) is 64.8 Å². The van der Waals surface area contributed by atoms with E-state index in [1.807, 2.05) is 31.2 Å². The summed E-state index contributed by atoms with van der Waals surface area (Å²) >= 11 is 0. The van der Waals surface area contributed by atoms with Crippen molar-refractivity contribution >= 4 is 10.9 Å². The third-order valence-corrected chi connectivity index (χ3v) is 3.56. The Morgan fingerprint density at radius 2 is 1.67 bits per heavy atom. The average Bonchev–Trinajstić information content (AvgIpc) is 2.40. The van der Waals surface area contributed by atoms with Crippen molar-refractivity contribution in [3.8, 4) is 11.5 Å². The van der Waals surface area contributed by atoms with Gasteiger partial charge in [0.25, 0.3) is 0 Å². The van der Waals surface area contributed by atoms with Crippen LogP contribution in [0.1, 0.15) is 22.4 Å². The summed E-state index contributed by atoms with van der Waals surface area (Å²) in [4.78, 5) is 4.66. The Balaban J connectivity index is 2.17. The quantitative estimate of drug-likeness (QED) is 0.637. The van der Waals surface area contributed by atoms with Gasteiger partial charge in [-0.3, -0.25) is 4.98 Å². The predicted molar refractivity (Wildman–Crippen MR) is 87.2 cm³/mol. The maximum Gasteiger partial charge on any atom is 0.138 e. The molecule has 1 heterocycles. The van der Waals surface area contributed by atoms with Crippen LogP contribution in [0.3, 0.4) is 0 Å². The summed E-state index contributed by atoms with van der Waals surface area (Å²) in [7, 11) is 0. The summed E-state index contributed by atoms with van der Waals surface area (Å²) in [5.41, 5.74) is 5.58. The van der Waals surface area contributed by atoms with E-state index in [0.717, 1.165) is 28.1 Å². The summed E-state index contributed by atoms with van der Waals surface area (Å²) in [5, 5.41) is 1.07. The SMILES string of the molecule is Cc1cccc(Oc2cc(C)nc3c(C)cc(C)cc23)c1. The molecular weight excluding hydrogens is 258 g/mol. The fourth-order valence-corrected chi connectivity index (χ4v) is 2.66. The molecule has 0 radical (unpaired) electrons. The number of pyridine rings is 1. The maximum atomic E-state index is 6.12. The number of nitrogens with zero attached hydrogens (tertiary/aromatic N) is 1. The van der Waals surface area contributed by atoms with Crippen LogP contribution < -0.4 is 4.74 Å². The molecule has 3 rings (SSSR count). The molecule has 0 N–H and O–H groups in total. The van der Waals surface area contributed by atoms with E-state index in [1.54, 1.807) is 0 Å². The van der Waals surface area contributed by atoms with E-state index in [0.29, 0.717) is 0 Å². The average molecular weight is 277 g/mol. The zero-order valence-corrected chi connectivity index (χ0v) is 12.9. The first-order valence-electron chi connectivity index (χ1n) is 7.16. The highest BCUT2D eigenvalue weighted by Crippen LogP contribution is 2.32. The molecule has 0 atom stereocenters. The monoisotopic (exact) mass is 277 g/mol. The lowest BCUT2D eigenvalue weighted by atomic mass is 10.1. The molecule has 0 bridgehead atoms. The molecule has 0 saturated carbocycles. The molecule has 0 amide bonds. The number of fused-ring (bicyclic) bond motifs is 1. The van der Waals surface area contributed by atoms with E-state index in [9.17, 15) is 0 Å². The Labute approximate surface area is 125 Å². The molecule has 3 aromatic rings. The molecule has 0 aliphatic rings. The summed E-state index contributed by atoms with van der Waals surface area (Å²) in [6.45, 7) is 8.26. The summed E-state index contributed by atoms with van der Waals surface area (Å²) in [6, 6.07) is 14.4. The molecule has 1 aromatic heterocycles. The molecule has 106 valence electrons. The second kappa shape index (κ2) is 5.21. The van der Waals surface area contributed by atoms with E-state index in [4.69, 9.17) is 4.74 Å². The van der Waals surface area contributed by atoms with Gasteiger partial charge in [0.1, 0.15) is 11.5 Å². The van der Waals surface area contributed by atoms with Gasteiger partial charge in [0.2, 0.25) is 0 Å². The third-order valence-electron chi connectivity index (χ3n) is 3.56. The second-order valence-corrected chi connectivity index (χ2v) is 5.66. The Morgan fingerprint density at radius 1 is 0.857 bits per heavy atom. The highest BCUT2D eigenvalue weighted by Gasteiger charge is 2.09. The molecule has 2 aromatic carbocycles. The highest BCUT2D eigenvalue weighted by molar-refractivity contribution is 5.88. The lowest BCUT2D eigenvalue weighted by Crippen LogP contribution is -1.93. The van der Waals surface area contributed by atoms with Crippen molar-refractivity contribution in [2.75, 3.05) is 0 Å². The van der Waals surface area contributed by atoms with Crippen LogP contribution in [0.25, 0.3) is 10.9 Å². The minimum Gasteiger partial charge on any atom is -0.457 e. The first kappa shape index (κ1) is 13.6. The molecule has 0 aliphatic carbocycles. The van der Waals surface area contributed by atoms with Gasteiger partial charge >= 0.3 is 0 Å². The zero-order chi connectivity index (χ0) is 15.0. The number of aryl methyl sites for hydroxylation is 4. The minimum absolute atomic E-state index is 0.862. The standard InChI is InChI=1S/C19H19NO/c1-12-6-5-7-16(9-12)21-18-11-15(4)20-19-14(3)8-13(2)10-17(18)19/h5-11H,1-4H3. The smallest absolute Gasteiger partial charge is 0.138 e. The summed E-state index contributed by atoms with van der Waals surface area (Å²) in [6.07, 6.45) is 0. The molecule has 21 heavy (non-hydrogen) atoms. The van der Waals surface area contributed by atoms with Crippen molar-refractivity contribution in [2.24, 2.45) is 0 Å². The van der Waals surface area contributed by atoms with Crippen LogP contribution in [0.5, 0.6) is 11.5 Å². The molecule has 0 spiro atoms. The van der Waals surface area contributed by atoms with Gasteiger partial charge in [-0.25, -0.2) is 0 Å². The molecule has 0 fully saturated rings. The highest BCUT2D eigenvalue weighted by atomic mass is 16.5. The lowest BCUT2D eigenvalue weighted by Gasteiger charge is -2.12. The lowest BCUT2D eigenvalue weighted by molar-refractivity contribution is 0.487. The zero-order valence-electron chi connectivity index (χ0n) is 12.9. The predicted octanol–water partition coefficient (Wildman–Crippen LogP) is 5.26. The van der Waals surface area contributed by atoms with Gasteiger partial charge in [-0.1, -0.05) is 18.2 Å². The van der Waals surface area contributed by atoms with Crippen LogP contribution in [0.4, 0.5) is 0 Å². The molecule has 0 aliphatic heterocycles. The van der Waals surface area contributed by atoms with Crippen LogP contribution >= 0.6 is 0 Å². The van der Waals surface area contributed by atoms with E-state index in [2.05, 4.69) is 44.0 Å². The Bertz CT molecular complexity index is 821. The van der Waals surface area contributed by atoms with E-state index in [-0.39, 0.29) is 0 Å². The fraction of sp³-hybridized carbons (Fsp3) is 0.211. The third kappa shape index (κ3) is 2.75. The van der Waals surface area contributed by atoms with E-state index >= 15 is 0 Å². The number of aromatic nitrogens is 1. The number of ether oxygens (including phenoxy) is 1. The molecule has 2 nitrogen and oxygen atoms in total. The molecule has 2 heteroatoms. The van der Waals surface area contributed by atoms with E-state index < -0.39 is 0 Å². The van der Waals surface area contributed by atoms with Gasteiger partial charge < -0.3 is 4.74 Å². The number of hydrogen-bond donors (Lipinski definition) is 0. The van der Waals surface area contributed by atoms with Gasteiger partial charge in [0.05, 0.1) is 5.52 Å². The number of benzene rings is 2. The Hall–Kier alpha value is -2.35. The first-order chi connectivity index (χ1) is 10.0. The van der Waals surface area contributed by atoms with Crippen LogP contribution in [-0.2, 0) is 0 Å². The van der Waals surface area contributed by atoms with Gasteiger partial charge in [-0.05, 0) is 62.6 Å². The summed E-state index contributed by atoms with van der Waals surface area (Å²) < 4.78 is 6.12. The van der Waals surface area contributed by atoms with Gasteiger partial charge in [-0.2, -0.15) is 0 Å². The Kier molecular flexibility index (Phi) is 3.38. The number of hydrogen-bond acceptors (Lipinski definition) is 2. The minimum atomic E-state index is 0.862. The molecule has 0 unspecified atom stereocenters. The fourth-order valence-electron chi connectivity index (χ4n) is 2.66. The topological polar surface area (TPSA) is 22.1 Å². The van der Waals surface area contributed by atoms with Crippen molar-refractivity contribution in [2.45, 2.75) is 27.7 Å². The second-order valence-electron chi connectivity index (χ2n) is 5.66. The van der Waals surface area contributed by atoms with Crippen molar-refractivity contribution in [1.29, 1.82) is 0 Å². The van der Waals surface area contributed by atoms with Crippen LogP contribution in [0, 0.1) is 27.7 Å². The normalized spacial score (nSPS) is 10.9. The Morgan fingerprint density at radius 3 is 2.43 bits per heavy atom. The largest absolute Gasteiger partial charge is 0.457 e. The molecular formula is C19H19NO. The van der Waals surface area contributed by atoms with Gasteiger partial charge in [-0.15, -0.1) is 0 Å². The van der Waals surface area contributed by atoms with Crippen LogP contribution in [0.15, 0.2) is 42.5 Å². The van der Waals surface area contributed by atoms with E-state index in [1.165, 1.54) is 16.7 Å². The van der Waals surface area contributed by atoms with Crippen LogP contribution in [-0.4, -0.2) is 4.98 Å². The first-order valence-corrected chi connectivity index (χ1v) is 7.16. The maximum absolute atomic E-state index is 6.12. The summed E-state index contributed by atoms with van der Waals surface area (Å²) in [5.74, 6) is 1.73. The van der Waals surface area contributed by atoms with Crippen molar-refractivity contribution in [1.82, 2.24) is 4.98 Å². The van der Waals surface area contributed by atoms with Crippen LogP contribution in [0.2, 0.25) is 0 Å².